The van der Waals surface area contributed by atoms with Crippen molar-refractivity contribution >= 4 is 11.7 Å². The molecule has 5 heteroatoms. The lowest BCUT2D eigenvalue weighted by Crippen LogP contribution is -2.12. The van der Waals surface area contributed by atoms with Gasteiger partial charge in [-0.25, -0.2) is 0 Å². The van der Waals surface area contributed by atoms with Gasteiger partial charge in [0.25, 0.3) is 5.91 Å². The van der Waals surface area contributed by atoms with Gasteiger partial charge >= 0.3 is 0 Å². The number of rotatable bonds is 6. The molecule has 0 atom stereocenters. The van der Waals surface area contributed by atoms with Gasteiger partial charge in [0.15, 0.2) is 5.82 Å². The Balaban J connectivity index is 1.97. The van der Waals surface area contributed by atoms with Crippen molar-refractivity contribution in [3.8, 4) is 5.75 Å². The fraction of sp³-hybridized carbons (Fsp3) is 0.375. The van der Waals surface area contributed by atoms with E-state index in [2.05, 4.69) is 24.3 Å². The summed E-state index contributed by atoms with van der Waals surface area (Å²) in [5.41, 5.74) is 0.526. The van der Waals surface area contributed by atoms with Crippen LogP contribution in [0.15, 0.2) is 34.9 Å². The van der Waals surface area contributed by atoms with Gasteiger partial charge < -0.3 is 14.6 Å². The number of benzene rings is 1. The molecule has 0 aliphatic rings. The van der Waals surface area contributed by atoms with Gasteiger partial charge in [-0.3, -0.25) is 4.79 Å². The minimum Gasteiger partial charge on any atom is -0.494 e. The van der Waals surface area contributed by atoms with E-state index in [4.69, 9.17) is 9.26 Å². The van der Waals surface area contributed by atoms with Crippen LogP contribution in [-0.2, 0) is 0 Å². The highest BCUT2D eigenvalue weighted by Crippen LogP contribution is 2.16. The monoisotopic (exact) mass is 288 g/mol. The number of carbonyl (C=O) groups excluding carboxylic acids is 1. The number of hydrogen-bond donors (Lipinski definition) is 1. The van der Waals surface area contributed by atoms with E-state index >= 15 is 0 Å². The van der Waals surface area contributed by atoms with Crippen molar-refractivity contribution in [2.75, 3.05) is 11.9 Å². The van der Waals surface area contributed by atoms with Crippen LogP contribution < -0.4 is 10.1 Å². The highest BCUT2D eigenvalue weighted by Gasteiger charge is 2.09. The smallest absolute Gasteiger partial charge is 0.257 e. The van der Waals surface area contributed by atoms with E-state index in [0.29, 0.717) is 35.4 Å². The maximum atomic E-state index is 12.1. The van der Waals surface area contributed by atoms with Crippen LogP contribution >= 0.6 is 0 Å². The minimum absolute atomic E-state index is 0.238. The Morgan fingerprint density at radius 1 is 1.38 bits per heavy atom. The maximum Gasteiger partial charge on any atom is 0.257 e. The third-order valence-corrected chi connectivity index (χ3v) is 2.93. The number of hydrogen-bond acceptors (Lipinski definition) is 4. The van der Waals surface area contributed by atoms with Crippen LogP contribution in [0.5, 0.6) is 5.75 Å². The Bertz CT molecular complexity index is 605. The molecule has 112 valence electrons. The molecule has 0 bridgehead atoms. The summed E-state index contributed by atoms with van der Waals surface area (Å²) in [6.07, 6.45) is 0.981. The molecule has 1 aromatic carbocycles. The summed E-state index contributed by atoms with van der Waals surface area (Å²) in [5, 5.41) is 6.42. The number of nitrogens with zero attached hydrogens (tertiary/aromatic N) is 1. The van der Waals surface area contributed by atoms with Crippen LogP contribution in [0, 0.1) is 12.8 Å². The van der Waals surface area contributed by atoms with Gasteiger partial charge in [0, 0.05) is 11.6 Å². The van der Waals surface area contributed by atoms with E-state index in [-0.39, 0.29) is 5.91 Å². The van der Waals surface area contributed by atoms with Crippen molar-refractivity contribution < 1.29 is 14.1 Å². The molecule has 0 fully saturated rings. The molecule has 0 saturated heterocycles. The van der Waals surface area contributed by atoms with E-state index in [1.54, 1.807) is 31.2 Å². The summed E-state index contributed by atoms with van der Waals surface area (Å²) in [4.78, 5) is 12.1. The lowest BCUT2D eigenvalue weighted by atomic mass is 10.1. The number of ether oxygens (including phenoxy) is 1. The van der Waals surface area contributed by atoms with Gasteiger partial charge in [0.05, 0.1) is 6.61 Å². The first-order chi connectivity index (χ1) is 10.0. The number of aromatic nitrogens is 1. The largest absolute Gasteiger partial charge is 0.494 e. The third-order valence-electron chi connectivity index (χ3n) is 2.93. The Kier molecular flexibility index (Phi) is 4.98. The molecule has 0 aliphatic carbocycles. The fourth-order valence-electron chi connectivity index (χ4n) is 1.75. The fourth-order valence-corrected chi connectivity index (χ4v) is 1.75. The topological polar surface area (TPSA) is 64.4 Å². The SMILES string of the molecule is Cc1cc(NC(=O)c2cccc(OCCC(C)C)c2)no1. The first kappa shape index (κ1) is 15.1. The molecule has 0 aliphatic heterocycles. The van der Waals surface area contributed by atoms with Gasteiger partial charge in [-0.15, -0.1) is 0 Å². The molecule has 0 radical (unpaired) electrons. The number of aryl methyl sites for hydroxylation is 1. The predicted octanol–water partition coefficient (Wildman–Crippen LogP) is 3.66. The minimum atomic E-state index is -0.238. The number of nitrogens with one attached hydrogen (secondary N) is 1. The molecule has 1 amide bonds. The summed E-state index contributed by atoms with van der Waals surface area (Å²) < 4.78 is 10.6. The second-order valence-electron chi connectivity index (χ2n) is 5.34. The normalized spacial score (nSPS) is 10.7. The Labute approximate surface area is 124 Å². The number of amides is 1. The standard InChI is InChI=1S/C16H20N2O3/c1-11(2)7-8-20-14-6-4-5-13(10-14)16(19)17-15-9-12(3)21-18-15/h4-6,9-11H,7-8H2,1-3H3,(H,17,18,19). The van der Waals surface area contributed by atoms with Crippen molar-refractivity contribution in [3.05, 3.63) is 41.7 Å². The first-order valence-corrected chi connectivity index (χ1v) is 7.02. The molecule has 0 saturated carbocycles. The zero-order valence-electron chi connectivity index (χ0n) is 12.6. The third kappa shape index (κ3) is 4.63. The van der Waals surface area contributed by atoms with Crippen molar-refractivity contribution in [1.82, 2.24) is 5.16 Å². The zero-order valence-corrected chi connectivity index (χ0v) is 12.6. The van der Waals surface area contributed by atoms with E-state index in [1.165, 1.54) is 0 Å². The molecular formula is C16H20N2O3. The van der Waals surface area contributed by atoms with Crippen LogP contribution in [-0.4, -0.2) is 17.7 Å². The summed E-state index contributed by atoms with van der Waals surface area (Å²) in [6, 6.07) is 8.77. The van der Waals surface area contributed by atoms with Crippen LogP contribution in [0.4, 0.5) is 5.82 Å². The van der Waals surface area contributed by atoms with Gasteiger partial charge in [0.2, 0.25) is 0 Å². The van der Waals surface area contributed by atoms with E-state index in [1.807, 2.05) is 6.07 Å². The zero-order chi connectivity index (χ0) is 15.2. The Morgan fingerprint density at radius 3 is 2.86 bits per heavy atom. The van der Waals surface area contributed by atoms with Crippen LogP contribution in [0.2, 0.25) is 0 Å². The van der Waals surface area contributed by atoms with Crippen LogP contribution in [0.25, 0.3) is 0 Å². The van der Waals surface area contributed by atoms with Crippen molar-refractivity contribution in [1.29, 1.82) is 0 Å². The van der Waals surface area contributed by atoms with E-state index < -0.39 is 0 Å². The van der Waals surface area contributed by atoms with Gasteiger partial charge in [0.1, 0.15) is 11.5 Å². The summed E-state index contributed by atoms with van der Waals surface area (Å²) in [5.74, 6) is 2.10. The lowest BCUT2D eigenvalue weighted by molar-refractivity contribution is 0.102. The molecule has 5 nitrogen and oxygen atoms in total. The summed E-state index contributed by atoms with van der Waals surface area (Å²) in [6.45, 7) is 6.71. The molecule has 1 aromatic heterocycles. The lowest BCUT2D eigenvalue weighted by Gasteiger charge is -2.09. The number of carbonyl (C=O) groups is 1. The van der Waals surface area contributed by atoms with Crippen LogP contribution in [0.3, 0.4) is 0 Å². The highest BCUT2D eigenvalue weighted by molar-refractivity contribution is 6.03. The molecule has 1 heterocycles. The summed E-state index contributed by atoms with van der Waals surface area (Å²) >= 11 is 0. The van der Waals surface area contributed by atoms with Gasteiger partial charge in [-0.1, -0.05) is 25.1 Å². The molecular weight excluding hydrogens is 268 g/mol. The number of anilines is 1. The second kappa shape index (κ2) is 6.92. The average Bonchev–Trinajstić information content (AvgIpc) is 2.84. The first-order valence-electron chi connectivity index (χ1n) is 7.02. The Hall–Kier alpha value is -2.30. The quantitative estimate of drug-likeness (QED) is 0.881. The molecule has 21 heavy (non-hydrogen) atoms. The van der Waals surface area contributed by atoms with E-state index in [0.717, 1.165) is 6.42 Å². The summed E-state index contributed by atoms with van der Waals surface area (Å²) in [7, 11) is 0. The van der Waals surface area contributed by atoms with Crippen molar-refractivity contribution in [2.24, 2.45) is 5.92 Å². The van der Waals surface area contributed by atoms with Crippen molar-refractivity contribution in [2.45, 2.75) is 27.2 Å². The van der Waals surface area contributed by atoms with Gasteiger partial charge in [-0.2, -0.15) is 0 Å². The molecule has 2 aromatic rings. The maximum absolute atomic E-state index is 12.1. The van der Waals surface area contributed by atoms with E-state index in [9.17, 15) is 4.79 Å². The Morgan fingerprint density at radius 2 is 2.19 bits per heavy atom. The molecule has 1 N–H and O–H groups in total. The average molecular weight is 288 g/mol. The molecule has 2 rings (SSSR count). The van der Waals surface area contributed by atoms with Gasteiger partial charge in [-0.05, 0) is 37.5 Å². The van der Waals surface area contributed by atoms with Crippen LogP contribution in [0.1, 0.15) is 36.4 Å². The highest BCUT2D eigenvalue weighted by atomic mass is 16.5. The molecule has 0 spiro atoms. The molecule has 0 unspecified atom stereocenters. The predicted molar refractivity (Wildman–Crippen MR) is 80.6 cm³/mol. The van der Waals surface area contributed by atoms with Crippen molar-refractivity contribution in [3.63, 3.8) is 0 Å². The second-order valence-corrected chi connectivity index (χ2v) is 5.34.